The van der Waals surface area contributed by atoms with Crippen LogP contribution in [-0.2, 0) is 9.59 Å². The summed E-state index contributed by atoms with van der Waals surface area (Å²) < 4.78 is 0. The molecule has 0 aliphatic carbocycles. The number of carbonyl (C=O) groups is 2. The number of amides is 1. The van der Waals surface area contributed by atoms with Gasteiger partial charge in [0.2, 0.25) is 5.91 Å². The van der Waals surface area contributed by atoms with Crippen molar-refractivity contribution < 1.29 is 14.7 Å². The van der Waals surface area contributed by atoms with Crippen LogP contribution in [0.1, 0.15) is 38.1 Å². The molecule has 0 saturated heterocycles. The van der Waals surface area contributed by atoms with Gasteiger partial charge >= 0.3 is 5.97 Å². The molecule has 1 amide bonds. The number of hydrogen-bond acceptors (Lipinski definition) is 4. The molecule has 24 heavy (non-hydrogen) atoms. The Labute approximate surface area is 145 Å². The maximum absolute atomic E-state index is 12.3. The quantitative estimate of drug-likeness (QED) is 0.781. The van der Waals surface area contributed by atoms with E-state index in [-0.39, 0.29) is 12.3 Å². The third kappa shape index (κ3) is 4.00. The van der Waals surface area contributed by atoms with Gasteiger partial charge in [-0.25, -0.2) is 4.98 Å². The van der Waals surface area contributed by atoms with Crippen molar-refractivity contribution in [1.82, 2.24) is 4.98 Å². The predicted molar refractivity (Wildman–Crippen MR) is 96.2 cm³/mol. The highest BCUT2D eigenvalue weighted by molar-refractivity contribution is 7.09. The Bertz CT molecular complexity index is 735. The fraction of sp³-hybridized carbons (Fsp3) is 0.389. The average molecular weight is 346 g/mol. The van der Waals surface area contributed by atoms with Crippen LogP contribution in [0.4, 0.5) is 5.69 Å². The second-order valence-electron chi connectivity index (χ2n) is 5.85. The van der Waals surface area contributed by atoms with Gasteiger partial charge in [0.15, 0.2) is 0 Å². The van der Waals surface area contributed by atoms with Gasteiger partial charge in [0.1, 0.15) is 0 Å². The Morgan fingerprint density at radius 1 is 1.29 bits per heavy atom. The molecule has 1 heterocycles. The van der Waals surface area contributed by atoms with Crippen LogP contribution >= 0.6 is 11.3 Å². The maximum atomic E-state index is 12.3. The summed E-state index contributed by atoms with van der Waals surface area (Å²) in [6.07, 6.45) is 0.810. The van der Waals surface area contributed by atoms with E-state index in [2.05, 4.69) is 10.3 Å². The van der Waals surface area contributed by atoms with Crippen LogP contribution in [0.2, 0.25) is 0 Å². The van der Waals surface area contributed by atoms with Crippen molar-refractivity contribution in [2.45, 2.75) is 40.0 Å². The van der Waals surface area contributed by atoms with E-state index in [1.807, 2.05) is 30.5 Å². The second kappa shape index (κ2) is 7.57. The highest BCUT2D eigenvalue weighted by atomic mass is 32.1. The summed E-state index contributed by atoms with van der Waals surface area (Å²) in [4.78, 5) is 28.3. The first-order valence-electron chi connectivity index (χ1n) is 7.96. The maximum Gasteiger partial charge on any atom is 0.310 e. The Balaban J connectivity index is 2.13. The van der Waals surface area contributed by atoms with Gasteiger partial charge in [-0.3, -0.25) is 9.59 Å². The summed E-state index contributed by atoms with van der Waals surface area (Å²) in [6, 6.07) is 7.43. The van der Waals surface area contributed by atoms with E-state index < -0.39 is 11.4 Å². The minimum atomic E-state index is -1.01. The van der Waals surface area contributed by atoms with Crippen molar-refractivity contribution in [3.8, 4) is 11.3 Å². The minimum absolute atomic E-state index is 0.0324. The van der Waals surface area contributed by atoms with Crippen molar-refractivity contribution in [1.29, 1.82) is 0 Å². The van der Waals surface area contributed by atoms with E-state index in [0.717, 1.165) is 16.3 Å². The zero-order valence-electron chi connectivity index (χ0n) is 14.1. The Kier molecular flexibility index (Phi) is 5.72. The fourth-order valence-electron chi connectivity index (χ4n) is 2.64. The molecule has 0 fully saturated rings. The molecule has 1 aromatic heterocycles. The van der Waals surface area contributed by atoms with Crippen LogP contribution < -0.4 is 5.32 Å². The smallest absolute Gasteiger partial charge is 0.310 e. The lowest BCUT2D eigenvalue weighted by Crippen LogP contribution is -2.34. The zero-order chi connectivity index (χ0) is 17.7. The molecule has 6 heteroatoms. The van der Waals surface area contributed by atoms with Gasteiger partial charge in [-0.15, -0.1) is 11.3 Å². The van der Waals surface area contributed by atoms with E-state index in [1.165, 1.54) is 0 Å². The molecule has 0 bridgehead atoms. The number of carboxylic acids is 1. The molecule has 0 unspecified atom stereocenters. The molecular formula is C18H22N2O3S. The lowest BCUT2D eigenvalue weighted by atomic mass is 9.79. The number of aromatic nitrogens is 1. The van der Waals surface area contributed by atoms with Crippen molar-refractivity contribution in [3.63, 3.8) is 0 Å². The zero-order valence-corrected chi connectivity index (χ0v) is 14.9. The molecule has 2 N–H and O–H groups in total. The van der Waals surface area contributed by atoms with Gasteiger partial charge in [0.25, 0.3) is 0 Å². The summed E-state index contributed by atoms with van der Waals surface area (Å²) in [6.45, 7) is 5.55. The van der Waals surface area contributed by atoms with Crippen molar-refractivity contribution in [2.75, 3.05) is 5.32 Å². The molecule has 5 nitrogen and oxygen atoms in total. The monoisotopic (exact) mass is 346 g/mol. The number of rotatable bonds is 7. The highest BCUT2D eigenvalue weighted by Gasteiger charge is 2.37. The SMILES string of the molecule is CCC(CC)(CC(=O)Nc1cccc(-c2csc(C)n2)c1)C(=O)O. The first-order valence-corrected chi connectivity index (χ1v) is 8.84. The molecule has 0 aliphatic rings. The van der Waals surface area contributed by atoms with Gasteiger partial charge in [-0.2, -0.15) is 0 Å². The number of nitrogens with zero attached hydrogens (tertiary/aromatic N) is 1. The van der Waals surface area contributed by atoms with E-state index in [0.29, 0.717) is 18.5 Å². The van der Waals surface area contributed by atoms with Crippen LogP contribution in [0.15, 0.2) is 29.6 Å². The molecule has 0 spiro atoms. The Hall–Kier alpha value is -2.21. The molecule has 2 rings (SSSR count). The van der Waals surface area contributed by atoms with E-state index >= 15 is 0 Å². The topological polar surface area (TPSA) is 79.3 Å². The second-order valence-corrected chi connectivity index (χ2v) is 6.91. The van der Waals surface area contributed by atoms with E-state index in [4.69, 9.17) is 0 Å². The van der Waals surface area contributed by atoms with Gasteiger partial charge < -0.3 is 10.4 Å². The lowest BCUT2D eigenvalue weighted by Gasteiger charge is -2.25. The highest BCUT2D eigenvalue weighted by Crippen LogP contribution is 2.32. The molecule has 0 atom stereocenters. The van der Waals surface area contributed by atoms with Crippen LogP contribution in [-0.4, -0.2) is 22.0 Å². The molecule has 0 radical (unpaired) electrons. The number of aliphatic carboxylic acids is 1. The number of carbonyl (C=O) groups excluding carboxylic acids is 1. The first kappa shape index (κ1) is 18.1. The van der Waals surface area contributed by atoms with Gasteiger partial charge in [-0.05, 0) is 31.9 Å². The van der Waals surface area contributed by atoms with Crippen molar-refractivity contribution in [3.05, 3.63) is 34.7 Å². The van der Waals surface area contributed by atoms with Gasteiger partial charge in [-0.1, -0.05) is 26.0 Å². The first-order chi connectivity index (χ1) is 11.4. The Morgan fingerprint density at radius 3 is 2.54 bits per heavy atom. The summed E-state index contributed by atoms with van der Waals surface area (Å²) in [7, 11) is 0. The number of thiazole rings is 1. The van der Waals surface area contributed by atoms with Crippen LogP contribution in [0.5, 0.6) is 0 Å². The predicted octanol–water partition coefficient (Wildman–Crippen LogP) is 4.34. The summed E-state index contributed by atoms with van der Waals surface area (Å²) >= 11 is 1.57. The third-order valence-corrected chi connectivity index (χ3v) is 5.14. The Morgan fingerprint density at radius 2 is 2.00 bits per heavy atom. The molecule has 0 aliphatic heterocycles. The molecule has 2 aromatic rings. The number of aryl methyl sites for hydroxylation is 1. The third-order valence-electron chi connectivity index (χ3n) is 4.37. The molecule has 0 saturated carbocycles. The standard InChI is InChI=1S/C18H22N2O3S/c1-4-18(5-2,17(22)23)10-16(21)20-14-8-6-7-13(9-14)15-11-24-12(3)19-15/h6-9,11H,4-5,10H2,1-3H3,(H,20,21)(H,22,23). The number of nitrogens with one attached hydrogen (secondary N) is 1. The van der Waals surface area contributed by atoms with Gasteiger partial charge in [0, 0.05) is 23.1 Å². The van der Waals surface area contributed by atoms with Crippen LogP contribution in [0, 0.1) is 12.3 Å². The number of carboxylic acid groups (broad SMARTS) is 1. The van der Waals surface area contributed by atoms with E-state index in [1.54, 1.807) is 31.3 Å². The lowest BCUT2D eigenvalue weighted by molar-refractivity contribution is -0.151. The van der Waals surface area contributed by atoms with Crippen molar-refractivity contribution >= 4 is 28.9 Å². The van der Waals surface area contributed by atoms with Gasteiger partial charge in [0.05, 0.1) is 16.1 Å². The normalized spacial score (nSPS) is 11.3. The molecular weight excluding hydrogens is 324 g/mol. The fourth-order valence-corrected chi connectivity index (χ4v) is 3.26. The number of benzene rings is 1. The largest absolute Gasteiger partial charge is 0.481 e. The summed E-state index contributed by atoms with van der Waals surface area (Å²) in [5.41, 5.74) is 1.44. The van der Waals surface area contributed by atoms with E-state index in [9.17, 15) is 14.7 Å². The van der Waals surface area contributed by atoms with Crippen molar-refractivity contribution in [2.24, 2.45) is 5.41 Å². The van der Waals surface area contributed by atoms with Crippen LogP contribution in [0.3, 0.4) is 0 Å². The summed E-state index contributed by atoms with van der Waals surface area (Å²) in [5.74, 6) is -1.21. The number of anilines is 1. The molecule has 128 valence electrons. The van der Waals surface area contributed by atoms with Crippen LogP contribution in [0.25, 0.3) is 11.3 Å². The molecule has 1 aromatic carbocycles. The average Bonchev–Trinajstić information content (AvgIpc) is 2.99. The summed E-state index contributed by atoms with van der Waals surface area (Å²) in [5, 5.41) is 15.2. The minimum Gasteiger partial charge on any atom is -0.481 e. The number of hydrogen-bond donors (Lipinski definition) is 2.